The van der Waals surface area contributed by atoms with Crippen molar-refractivity contribution in [3.05, 3.63) is 29.8 Å². The van der Waals surface area contributed by atoms with Gasteiger partial charge in [-0.05, 0) is 19.0 Å². The first-order valence-corrected chi connectivity index (χ1v) is 7.75. The third kappa shape index (κ3) is 5.65. The third-order valence-electron chi connectivity index (χ3n) is 3.47. The van der Waals surface area contributed by atoms with Crippen molar-refractivity contribution in [1.82, 2.24) is 5.32 Å². The average molecular weight is 295 g/mol. The molecule has 1 aromatic rings. The number of hydrogen-bond donors (Lipinski definition) is 1. The Morgan fingerprint density at radius 1 is 1.10 bits per heavy atom. The number of ether oxygens (including phenoxy) is 3. The van der Waals surface area contributed by atoms with Crippen molar-refractivity contribution in [2.45, 2.75) is 38.8 Å². The lowest BCUT2D eigenvalue weighted by molar-refractivity contribution is 0.0596. The summed E-state index contributed by atoms with van der Waals surface area (Å²) in [6.45, 7) is 6.32. The monoisotopic (exact) mass is 295 g/mol. The molecule has 0 aliphatic heterocycles. The van der Waals surface area contributed by atoms with E-state index >= 15 is 0 Å². The maximum absolute atomic E-state index is 5.86. The van der Waals surface area contributed by atoms with Gasteiger partial charge < -0.3 is 19.5 Å². The van der Waals surface area contributed by atoms with Crippen molar-refractivity contribution < 1.29 is 14.2 Å². The molecule has 4 heteroatoms. The maximum atomic E-state index is 5.86. The fraction of sp³-hybridized carbons (Fsp3) is 0.647. The second-order valence-electron chi connectivity index (χ2n) is 4.98. The van der Waals surface area contributed by atoms with Gasteiger partial charge in [-0.2, -0.15) is 0 Å². The van der Waals surface area contributed by atoms with Crippen molar-refractivity contribution in [3.63, 3.8) is 0 Å². The van der Waals surface area contributed by atoms with Crippen molar-refractivity contribution in [2.24, 2.45) is 0 Å². The number of benzene rings is 1. The molecule has 0 saturated carbocycles. The predicted molar refractivity (Wildman–Crippen MR) is 85.9 cm³/mol. The van der Waals surface area contributed by atoms with Gasteiger partial charge in [-0.15, -0.1) is 0 Å². The molecule has 0 aliphatic rings. The summed E-state index contributed by atoms with van der Waals surface area (Å²) in [5.41, 5.74) is 1.15. The van der Waals surface area contributed by atoms with Crippen LogP contribution in [0.15, 0.2) is 24.3 Å². The van der Waals surface area contributed by atoms with Gasteiger partial charge in [-0.1, -0.05) is 38.5 Å². The minimum absolute atomic E-state index is 0.138. The van der Waals surface area contributed by atoms with Gasteiger partial charge in [-0.25, -0.2) is 0 Å². The summed E-state index contributed by atoms with van der Waals surface area (Å²) in [7, 11) is 3.46. The summed E-state index contributed by atoms with van der Waals surface area (Å²) in [5.74, 6) is 0.902. The molecule has 0 radical (unpaired) electrons. The zero-order chi connectivity index (χ0) is 15.5. The highest BCUT2D eigenvalue weighted by atomic mass is 16.5. The van der Waals surface area contributed by atoms with E-state index in [1.165, 1.54) is 0 Å². The first-order valence-electron chi connectivity index (χ1n) is 7.75. The van der Waals surface area contributed by atoms with Gasteiger partial charge in [-0.3, -0.25) is 0 Å². The minimum Gasteiger partial charge on any atom is -0.491 e. The van der Waals surface area contributed by atoms with E-state index < -0.39 is 0 Å². The molecule has 0 bridgehead atoms. The van der Waals surface area contributed by atoms with Gasteiger partial charge in [0.1, 0.15) is 12.4 Å². The van der Waals surface area contributed by atoms with Crippen LogP contribution < -0.4 is 10.1 Å². The Labute approximate surface area is 128 Å². The van der Waals surface area contributed by atoms with Crippen LogP contribution in [0.3, 0.4) is 0 Å². The first-order chi connectivity index (χ1) is 10.3. The van der Waals surface area contributed by atoms with E-state index in [0.717, 1.165) is 30.7 Å². The van der Waals surface area contributed by atoms with Crippen LogP contribution >= 0.6 is 0 Å². The van der Waals surface area contributed by atoms with E-state index in [-0.39, 0.29) is 12.1 Å². The summed E-state index contributed by atoms with van der Waals surface area (Å²) in [6.07, 6.45) is 2.25. The Bertz CT molecular complexity index is 384. The molecule has 2 unspecified atom stereocenters. The highest BCUT2D eigenvalue weighted by Gasteiger charge is 2.24. The highest BCUT2D eigenvalue weighted by Crippen LogP contribution is 2.30. The molecule has 0 spiro atoms. The second kappa shape index (κ2) is 10.6. The van der Waals surface area contributed by atoms with Gasteiger partial charge in [0.2, 0.25) is 0 Å². The van der Waals surface area contributed by atoms with E-state index in [0.29, 0.717) is 13.2 Å². The lowest BCUT2D eigenvalue weighted by atomic mass is 9.97. The van der Waals surface area contributed by atoms with Crippen LogP contribution in [0.2, 0.25) is 0 Å². The largest absolute Gasteiger partial charge is 0.491 e. The van der Waals surface area contributed by atoms with Crippen LogP contribution in [-0.2, 0) is 9.47 Å². The molecule has 2 atom stereocenters. The standard InChI is InChI=1S/C17H29NO3/c1-5-9-16(20-4)17(18-6-2)14-10-7-8-11-15(14)21-13-12-19-3/h7-8,10-11,16-18H,5-6,9,12-13H2,1-4H3. The molecule has 21 heavy (non-hydrogen) atoms. The molecule has 0 amide bonds. The summed E-state index contributed by atoms with van der Waals surface area (Å²) in [6, 6.07) is 8.29. The lowest BCUT2D eigenvalue weighted by Gasteiger charge is -2.28. The minimum atomic E-state index is 0.138. The Hall–Kier alpha value is -1.10. The van der Waals surface area contributed by atoms with Gasteiger partial charge in [0, 0.05) is 19.8 Å². The Morgan fingerprint density at radius 3 is 2.48 bits per heavy atom. The molecule has 1 N–H and O–H groups in total. The SMILES string of the molecule is CCCC(OC)C(NCC)c1ccccc1OCCOC. The molecule has 120 valence electrons. The number of likely N-dealkylation sites (N-methyl/N-ethyl adjacent to an activating group) is 1. The molecule has 0 aromatic heterocycles. The number of hydrogen-bond acceptors (Lipinski definition) is 4. The predicted octanol–water partition coefficient (Wildman–Crippen LogP) is 3.18. The molecular formula is C17H29NO3. The summed E-state index contributed by atoms with van der Waals surface area (Å²) in [5, 5.41) is 3.53. The Kier molecular flexibility index (Phi) is 9.06. The van der Waals surface area contributed by atoms with Crippen LogP contribution in [-0.4, -0.2) is 40.1 Å². The molecule has 1 rings (SSSR count). The molecule has 0 fully saturated rings. The van der Waals surface area contributed by atoms with Gasteiger partial charge in [0.15, 0.2) is 0 Å². The molecule has 0 heterocycles. The Morgan fingerprint density at radius 2 is 1.86 bits per heavy atom. The zero-order valence-electron chi connectivity index (χ0n) is 13.7. The average Bonchev–Trinajstić information content (AvgIpc) is 2.52. The molecule has 1 aromatic carbocycles. The molecule has 0 aliphatic carbocycles. The summed E-state index contributed by atoms with van der Waals surface area (Å²) < 4.78 is 16.6. The highest BCUT2D eigenvalue weighted by molar-refractivity contribution is 5.36. The number of methoxy groups -OCH3 is 2. The smallest absolute Gasteiger partial charge is 0.124 e. The topological polar surface area (TPSA) is 39.7 Å². The van der Waals surface area contributed by atoms with Crippen LogP contribution in [0.4, 0.5) is 0 Å². The van der Waals surface area contributed by atoms with Crippen LogP contribution in [0.25, 0.3) is 0 Å². The fourth-order valence-corrected chi connectivity index (χ4v) is 2.47. The van der Waals surface area contributed by atoms with Gasteiger partial charge in [0.05, 0.1) is 18.8 Å². The second-order valence-corrected chi connectivity index (χ2v) is 4.98. The van der Waals surface area contributed by atoms with E-state index in [9.17, 15) is 0 Å². The number of nitrogens with one attached hydrogen (secondary N) is 1. The van der Waals surface area contributed by atoms with Crippen LogP contribution in [0.5, 0.6) is 5.75 Å². The maximum Gasteiger partial charge on any atom is 0.124 e. The Balaban J connectivity index is 2.94. The van der Waals surface area contributed by atoms with Crippen LogP contribution in [0, 0.1) is 0 Å². The number of para-hydroxylation sites is 1. The van der Waals surface area contributed by atoms with Crippen molar-refractivity contribution in [2.75, 3.05) is 34.0 Å². The van der Waals surface area contributed by atoms with Crippen molar-refractivity contribution in [1.29, 1.82) is 0 Å². The van der Waals surface area contributed by atoms with E-state index in [1.54, 1.807) is 14.2 Å². The van der Waals surface area contributed by atoms with Gasteiger partial charge in [0.25, 0.3) is 0 Å². The van der Waals surface area contributed by atoms with E-state index in [1.807, 2.05) is 18.2 Å². The van der Waals surface area contributed by atoms with Gasteiger partial charge >= 0.3 is 0 Å². The molecular weight excluding hydrogens is 266 g/mol. The molecule has 0 saturated heterocycles. The van der Waals surface area contributed by atoms with Crippen molar-refractivity contribution in [3.8, 4) is 5.75 Å². The number of rotatable bonds is 11. The van der Waals surface area contributed by atoms with E-state index in [2.05, 4.69) is 25.2 Å². The normalized spacial score (nSPS) is 13.9. The molecule has 4 nitrogen and oxygen atoms in total. The van der Waals surface area contributed by atoms with Crippen molar-refractivity contribution >= 4 is 0 Å². The summed E-state index contributed by atoms with van der Waals surface area (Å²) in [4.78, 5) is 0. The van der Waals surface area contributed by atoms with Crippen LogP contribution in [0.1, 0.15) is 38.3 Å². The fourth-order valence-electron chi connectivity index (χ4n) is 2.47. The lowest BCUT2D eigenvalue weighted by Crippen LogP contribution is -2.33. The summed E-state index contributed by atoms with van der Waals surface area (Å²) >= 11 is 0. The van der Waals surface area contributed by atoms with E-state index in [4.69, 9.17) is 14.2 Å². The quantitative estimate of drug-likeness (QED) is 0.637. The zero-order valence-corrected chi connectivity index (χ0v) is 13.7. The third-order valence-corrected chi connectivity index (χ3v) is 3.47. The first kappa shape index (κ1) is 18.0.